The number of aldehydes is 1. The molecule has 0 aromatic heterocycles. The predicted octanol–water partition coefficient (Wildman–Crippen LogP) is 0.0146. The van der Waals surface area contributed by atoms with Crippen LogP contribution in [0.5, 0.6) is 0 Å². The van der Waals surface area contributed by atoms with Gasteiger partial charge in [-0.1, -0.05) is 0 Å². The first-order chi connectivity index (χ1) is 10.0. The molecule has 8 nitrogen and oxygen atoms in total. The highest BCUT2D eigenvalue weighted by Gasteiger charge is 2.24. The molecule has 1 aromatic rings. The van der Waals surface area contributed by atoms with Gasteiger partial charge in [0.2, 0.25) is 5.91 Å². The van der Waals surface area contributed by atoms with Crippen LogP contribution in [0.25, 0.3) is 0 Å². The number of rotatable bonds is 5. The van der Waals surface area contributed by atoms with E-state index < -0.39 is 4.92 Å². The van der Waals surface area contributed by atoms with Gasteiger partial charge in [0.1, 0.15) is 12.0 Å². The van der Waals surface area contributed by atoms with E-state index in [4.69, 9.17) is 5.73 Å². The molecule has 1 saturated heterocycles. The van der Waals surface area contributed by atoms with Gasteiger partial charge in [0, 0.05) is 37.8 Å². The van der Waals surface area contributed by atoms with Crippen molar-refractivity contribution in [1.82, 2.24) is 4.90 Å². The molecule has 1 aliphatic heterocycles. The number of hydrogen-bond donors (Lipinski definition) is 1. The van der Waals surface area contributed by atoms with Crippen LogP contribution in [-0.2, 0) is 4.79 Å². The van der Waals surface area contributed by atoms with E-state index in [-0.39, 0.29) is 23.7 Å². The molecular formula is C13H16N4O4. The minimum atomic E-state index is -0.488. The van der Waals surface area contributed by atoms with Crippen molar-refractivity contribution in [2.24, 2.45) is 5.73 Å². The van der Waals surface area contributed by atoms with Crippen molar-refractivity contribution in [3.63, 3.8) is 0 Å². The Morgan fingerprint density at radius 1 is 1.33 bits per heavy atom. The fourth-order valence-corrected chi connectivity index (χ4v) is 2.39. The number of nitrogens with two attached hydrogens (primary N) is 1. The molecule has 0 spiro atoms. The lowest BCUT2D eigenvalue weighted by Crippen LogP contribution is -2.49. The van der Waals surface area contributed by atoms with E-state index in [0.29, 0.717) is 38.2 Å². The van der Waals surface area contributed by atoms with E-state index in [2.05, 4.69) is 0 Å². The third kappa shape index (κ3) is 3.54. The van der Waals surface area contributed by atoms with Gasteiger partial charge < -0.3 is 10.6 Å². The molecule has 8 heteroatoms. The Morgan fingerprint density at radius 2 is 2.00 bits per heavy atom. The maximum atomic E-state index is 11.1. The van der Waals surface area contributed by atoms with Crippen molar-refractivity contribution >= 4 is 23.6 Å². The molecule has 2 N–H and O–H groups in total. The van der Waals surface area contributed by atoms with Gasteiger partial charge in [0.15, 0.2) is 0 Å². The quantitative estimate of drug-likeness (QED) is 0.465. The molecule has 112 valence electrons. The third-order valence-corrected chi connectivity index (χ3v) is 3.42. The number of nitro groups is 1. The monoisotopic (exact) mass is 292 g/mol. The number of nitro benzene ring substituents is 1. The summed E-state index contributed by atoms with van der Waals surface area (Å²) in [5.41, 5.74) is 5.83. The standard InChI is InChI=1S/C13H16N4O4/c14-13(19)8-15-3-5-16(6-4-15)11-2-1-10(9-18)7-12(11)17(20)21/h1-2,7,9H,3-6,8H2,(H2,14,19). The van der Waals surface area contributed by atoms with Crippen LogP contribution in [0.1, 0.15) is 10.4 Å². The zero-order valence-corrected chi connectivity index (χ0v) is 11.4. The molecule has 1 amide bonds. The average molecular weight is 292 g/mol. The summed E-state index contributed by atoms with van der Waals surface area (Å²) < 4.78 is 0. The maximum Gasteiger partial charge on any atom is 0.293 e. The number of nitrogens with zero attached hydrogens (tertiary/aromatic N) is 3. The van der Waals surface area contributed by atoms with Gasteiger partial charge in [0.25, 0.3) is 5.69 Å². The summed E-state index contributed by atoms with van der Waals surface area (Å²) in [5.74, 6) is -0.384. The van der Waals surface area contributed by atoms with E-state index in [1.807, 2.05) is 9.80 Å². The number of amides is 1. The summed E-state index contributed by atoms with van der Waals surface area (Å²) >= 11 is 0. The Labute approximate surface area is 121 Å². The lowest BCUT2D eigenvalue weighted by Gasteiger charge is -2.35. The van der Waals surface area contributed by atoms with Crippen LogP contribution in [0.2, 0.25) is 0 Å². The number of anilines is 1. The highest BCUT2D eigenvalue weighted by molar-refractivity contribution is 5.79. The molecule has 2 rings (SSSR count). The summed E-state index contributed by atoms with van der Waals surface area (Å²) in [4.78, 5) is 36.0. The van der Waals surface area contributed by atoms with Crippen molar-refractivity contribution in [2.75, 3.05) is 37.6 Å². The molecule has 21 heavy (non-hydrogen) atoms. The van der Waals surface area contributed by atoms with Crippen molar-refractivity contribution in [2.45, 2.75) is 0 Å². The molecule has 0 saturated carbocycles. The van der Waals surface area contributed by atoms with E-state index >= 15 is 0 Å². The first-order valence-electron chi connectivity index (χ1n) is 6.50. The fourth-order valence-electron chi connectivity index (χ4n) is 2.39. The summed E-state index contributed by atoms with van der Waals surface area (Å²) in [6.07, 6.45) is 0.585. The molecule has 1 aliphatic rings. The second kappa shape index (κ2) is 6.31. The number of carbonyl (C=O) groups excluding carboxylic acids is 2. The Kier molecular flexibility index (Phi) is 4.49. The summed E-state index contributed by atoms with van der Waals surface area (Å²) in [7, 11) is 0. The Morgan fingerprint density at radius 3 is 2.52 bits per heavy atom. The molecule has 1 aromatic carbocycles. The topological polar surface area (TPSA) is 110 Å². The summed E-state index contributed by atoms with van der Waals surface area (Å²) in [6, 6.07) is 4.43. The van der Waals surface area contributed by atoms with Gasteiger partial charge in [-0.2, -0.15) is 0 Å². The van der Waals surface area contributed by atoms with Gasteiger partial charge in [-0.05, 0) is 12.1 Å². The van der Waals surface area contributed by atoms with Gasteiger partial charge in [-0.25, -0.2) is 0 Å². The Balaban J connectivity index is 2.14. The van der Waals surface area contributed by atoms with E-state index in [0.717, 1.165) is 0 Å². The lowest BCUT2D eigenvalue weighted by atomic mass is 10.1. The van der Waals surface area contributed by atoms with Crippen LogP contribution in [0, 0.1) is 10.1 Å². The minimum Gasteiger partial charge on any atom is -0.369 e. The highest BCUT2D eigenvalue weighted by atomic mass is 16.6. The van der Waals surface area contributed by atoms with Crippen LogP contribution in [0.4, 0.5) is 11.4 Å². The lowest BCUT2D eigenvalue weighted by molar-refractivity contribution is -0.384. The van der Waals surface area contributed by atoms with Crippen molar-refractivity contribution in [3.8, 4) is 0 Å². The smallest absolute Gasteiger partial charge is 0.293 e. The number of benzene rings is 1. The predicted molar refractivity (Wildman–Crippen MR) is 76.3 cm³/mol. The van der Waals surface area contributed by atoms with Gasteiger partial charge in [0.05, 0.1) is 11.5 Å². The molecule has 0 radical (unpaired) electrons. The normalized spacial score (nSPS) is 15.7. The average Bonchev–Trinajstić information content (AvgIpc) is 2.47. The van der Waals surface area contributed by atoms with Crippen molar-refractivity contribution in [1.29, 1.82) is 0 Å². The zero-order chi connectivity index (χ0) is 15.4. The molecule has 1 fully saturated rings. The maximum absolute atomic E-state index is 11.1. The molecule has 0 unspecified atom stereocenters. The zero-order valence-electron chi connectivity index (χ0n) is 11.4. The van der Waals surface area contributed by atoms with Crippen LogP contribution in [-0.4, -0.2) is 54.7 Å². The number of carbonyl (C=O) groups is 2. The second-order valence-electron chi connectivity index (χ2n) is 4.85. The Bertz CT molecular complexity index is 567. The molecule has 1 heterocycles. The third-order valence-electron chi connectivity index (χ3n) is 3.42. The van der Waals surface area contributed by atoms with Crippen molar-refractivity contribution in [3.05, 3.63) is 33.9 Å². The van der Waals surface area contributed by atoms with Crippen LogP contribution < -0.4 is 10.6 Å². The van der Waals surface area contributed by atoms with Gasteiger partial charge >= 0.3 is 0 Å². The number of primary amides is 1. The summed E-state index contributed by atoms with van der Waals surface area (Å²) in [6.45, 7) is 2.54. The molecule has 0 bridgehead atoms. The van der Waals surface area contributed by atoms with E-state index in [1.54, 1.807) is 12.1 Å². The van der Waals surface area contributed by atoms with E-state index in [9.17, 15) is 19.7 Å². The largest absolute Gasteiger partial charge is 0.369 e. The Hall–Kier alpha value is -2.48. The minimum absolute atomic E-state index is 0.0806. The van der Waals surface area contributed by atoms with E-state index in [1.165, 1.54) is 6.07 Å². The van der Waals surface area contributed by atoms with Crippen molar-refractivity contribution < 1.29 is 14.5 Å². The van der Waals surface area contributed by atoms with Crippen LogP contribution in [0.15, 0.2) is 18.2 Å². The molecular weight excluding hydrogens is 276 g/mol. The van der Waals surface area contributed by atoms with Crippen LogP contribution >= 0.6 is 0 Å². The molecule has 0 atom stereocenters. The van der Waals surface area contributed by atoms with Gasteiger partial charge in [-0.15, -0.1) is 0 Å². The second-order valence-corrected chi connectivity index (χ2v) is 4.85. The highest BCUT2D eigenvalue weighted by Crippen LogP contribution is 2.29. The first-order valence-corrected chi connectivity index (χ1v) is 6.50. The first kappa shape index (κ1) is 14.9. The number of piperazine rings is 1. The van der Waals surface area contributed by atoms with Crippen LogP contribution in [0.3, 0.4) is 0 Å². The molecule has 0 aliphatic carbocycles. The number of hydrogen-bond acceptors (Lipinski definition) is 6. The SMILES string of the molecule is NC(=O)CN1CCN(c2ccc(C=O)cc2[N+](=O)[O-])CC1. The van der Waals surface area contributed by atoms with Gasteiger partial charge in [-0.3, -0.25) is 24.6 Å². The fraction of sp³-hybridized carbons (Fsp3) is 0.385. The summed E-state index contributed by atoms with van der Waals surface area (Å²) in [5, 5.41) is 11.1.